The zero-order chi connectivity index (χ0) is 11.2. The number of rotatable bonds is 3. The summed E-state index contributed by atoms with van der Waals surface area (Å²) in [5.41, 5.74) is 2.42. The van der Waals surface area contributed by atoms with E-state index >= 15 is 0 Å². The Morgan fingerprint density at radius 3 is 2.38 bits per heavy atom. The minimum Gasteiger partial charge on any atom is -0.219 e. The zero-order valence-electron chi connectivity index (χ0n) is 9.13. The van der Waals surface area contributed by atoms with Crippen molar-refractivity contribution >= 4 is 18.2 Å². The van der Waals surface area contributed by atoms with Crippen LogP contribution in [0.4, 0.5) is 0 Å². The standard InChI is InChI=1S/C14H13NS/c1-12-7-5-6-8-13(12)11-15-16-14-9-3-2-4-10-14/h2-11H,1H3/b15-11+. The largest absolute Gasteiger partial charge is 0.219 e. The second-order valence-electron chi connectivity index (χ2n) is 3.50. The molecule has 0 heterocycles. The summed E-state index contributed by atoms with van der Waals surface area (Å²) in [5.74, 6) is 0. The van der Waals surface area contributed by atoms with Crippen LogP contribution in [0.3, 0.4) is 0 Å². The lowest BCUT2D eigenvalue weighted by molar-refractivity contribution is 1.44. The molecule has 0 saturated carbocycles. The molecule has 0 saturated heterocycles. The first-order valence-electron chi connectivity index (χ1n) is 5.17. The fraction of sp³-hybridized carbons (Fsp3) is 0.0714. The Morgan fingerprint density at radius 1 is 0.938 bits per heavy atom. The van der Waals surface area contributed by atoms with Crippen LogP contribution in [0.5, 0.6) is 0 Å². The van der Waals surface area contributed by atoms with Crippen LogP contribution in [-0.2, 0) is 0 Å². The van der Waals surface area contributed by atoms with Gasteiger partial charge in [-0.05, 0) is 30.2 Å². The maximum atomic E-state index is 4.36. The SMILES string of the molecule is Cc1ccccc1/C=N/Sc1ccccc1. The third-order valence-corrected chi connectivity index (χ3v) is 2.98. The van der Waals surface area contributed by atoms with Crippen molar-refractivity contribution < 1.29 is 0 Å². The number of aryl methyl sites for hydroxylation is 1. The van der Waals surface area contributed by atoms with E-state index in [2.05, 4.69) is 35.6 Å². The van der Waals surface area contributed by atoms with Gasteiger partial charge < -0.3 is 0 Å². The van der Waals surface area contributed by atoms with Crippen LogP contribution in [0, 0.1) is 6.92 Å². The maximum absolute atomic E-state index is 4.36. The normalized spacial score (nSPS) is 10.8. The summed E-state index contributed by atoms with van der Waals surface area (Å²) in [6.45, 7) is 2.09. The second kappa shape index (κ2) is 5.52. The highest BCUT2D eigenvalue weighted by atomic mass is 32.2. The quantitative estimate of drug-likeness (QED) is 0.567. The molecular formula is C14H13NS. The Kier molecular flexibility index (Phi) is 3.78. The highest BCUT2D eigenvalue weighted by molar-refractivity contribution is 7.98. The molecule has 2 heteroatoms. The fourth-order valence-electron chi connectivity index (χ4n) is 1.36. The van der Waals surface area contributed by atoms with Gasteiger partial charge in [-0.3, -0.25) is 0 Å². The van der Waals surface area contributed by atoms with E-state index in [-0.39, 0.29) is 0 Å². The van der Waals surface area contributed by atoms with Crippen molar-refractivity contribution in [3.63, 3.8) is 0 Å². The van der Waals surface area contributed by atoms with Crippen molar-refractivity contribution in [2.45, 2.75) is 11.8 Å². The Labute approximate surface area is 100 Å². The van der Waals surface area contributed by atoms with E-state index in [4.69, 9.17) is 0 Å². The van der Waals surface area contributed by atoms with Gasteiger partial charge in [-0.15, -0.1) is 0 Å². The lowest BCUT2D eigenvalue weighted by Crippen LogP contribution is -1.84. The molecule has 0 N–H and O–H groups in total. The molecule has 0 radical (unpaired) electrons. The van der Waals surface area contributed by atoms with Gasteiger partial charge in [0.25, 0.3) is 0 Å². The molecule has 0 aliphatic rings. The number of nitrogens with zero attached hydrogens (tertiary/aromatic N) is 1. The summed E-state index contributed by atoms with van der Waals surface area (Å²) in [4.78, 5) is 1.16. The molecule has 0 aliphatic carbocycles. The molecule has 0 unspecified atom stereocenters. The van der Waals surface area contributed by atoms with Crippen LogP contribution in [0.15, 0.2) is 63.9 Å². The minimum absolute atomic E-state index is 1.16. The molecule has 2 rings (SSSR count). The molecule has 0 atom stereocenters. The van der Waals surface area contributed by atoms with E-state index in [1.54, 1.807) is 0 Å². The van der Waals surface area contributed by atoms with Crippen molar-refractivity contribution in [2.24, 2.45) is 4.40 Å². The topological polar surface area (TPSA) is 12.4 Å². The summed E-state index contributed by atoms with van der Waals surface area (Å²) in [7, 11) is 0. The van der Waals surface area contributed by atoms with Gasteiger partial charge in [0.2, 0.25) is 0 Å². The average Bonchev–Trinajstić information content (AvgIpc) is 2.33. The monoisotopic (exact) mass is 227 g/mol. The first-order valence-corrected chi connectivity index (χ1v) is 5.95. The van der Waals surface area contributed by atoms with Gasteiger partial charge in [0.05, 0.1) is 0 Å². The van der Waals surface area contributed by atoms with Crippen LogP contribution in [0.2, 0.25) is 0 Å². The Hall–Kier alpha value is -1.54. The molecule has 16 heavy (non-hydrogen) atoms. The third kappa shape index (κ3) is 2.97. The Morgan fingerprint density at radius 2 is 1.62 bits per heavy atom. The molecule has 0 aromatic heterocycles. The maximum Gasteiger partial charge on any atom is 0.0430 e. The van der Waals surface area contributed by atoms with Crippen LogP contribution >= 0.6 is 11.9 Å². The molecule has 0 bridgehead atoms. The number of hydrogen-bond acceptors (Lipinski definition) is 2. The summed E-state index contributed by atoms with van der Waals surface area (Å²) < 4.78 is 4.36. The minimum atomic E-state index is 1.16. The van der Waals surface area contributed by atoms with Gasteiger partial charge in [-0.2, -0.15) is 0 Å². The van der Waals surface area contributed by atoms with Crippen LogP contribution in [-0.4, -0.2) is 6.21 Å². The molecule has 80 valence electrons. The summed E-state index contributed by atoms with van der Waals surface area (Å²) >= 11 is 1.49. The van der Waals surface area contributed by atoms with Gasteiger partial charge in [0, 0.05) is 23.1 Å². The van der Waals surface area contributed by atoms with Crippen molar-refractivity contribution in [2.75, 3.05) is 0 Å². The molecule has 1 nitrogen and oxygen atoms in total. The second-order valence-corrected chi connectivity index (χ2v) is 4.36. The average molecular weight is 227 g/mol. The molecule has 0 amide bonds. The van der Waals surface area contributed by atoms with E-state index < -0.39 is 0 Å². The zero-order valence-corrected chi connectivity index (χ0v) is 9.95. The molecule has 0 spiro atoms. The Bertz CT molecular complexity index is 477. The van der Waals surface area contributed by atoms with E-state index in [0.29, 0.717) is 0 Å². The molecule has 0 fully saturated rings. The predicted octanol–water partition coefficient (Wildman–Crippen LogP) is 4.12. The highest BCUT2D eigenvalue weighted by Gasteiger charge is 1.92. The van der Waals surface area contributed by atoms with Crippen molar-refractivity contribution in [1.29, 1.82) is 0 Å². The molecule has 0 aliphatic heterocycles. The summed E-state index contributed by atoms with van der Waals surface area (Å²) in [6.07, 6.45) is 1.91. The fourth-order valence-corrected chi connectivity index (χ4v) is 1.92. The molecule has 2 aromatic carbocycles. The van der Waals surface area contributed by atoms with Gasteiger partial charge in [-0.25, -0.2) is 4.40 Å². The van der Waals surface area contributed by atoms with Crippen LogP contribution < -0.4 is 0 Å². The van der Waals surface area contributed by atoms with Gasteiger partial charge in [-0.1, -0.05) is 42.5 Å². The van der Waals surface area contributed by atoms with Crippen molar-refractivity contribution in [1.82, 2.24) is 0 Å². The number of benzene rings is 2. The molecular weight excluding hydrogens is 214 g/mol. The Balaban J connectivity index is 2.03. The highest BCUT2D eigenvalue weighted by Crippen LogP contribution is 2.18. The summed E-state index contributed by atoms with van der Waals surface area (Å²) in [5, 5.41) is 0. The van der Waals surface area contributed by atoms with E-state index in [0.717, 1.165) is 4.90 Å². The van der Waals surface area contributed by atoms with Crippen LogP contribution in [0.1, 0.15) is 11.1 Å². The third-order valence-electron chi connectivity index (χ3n) is 2.28. The lowest BCUT2D eigenvalue weighted by Gasteiger charge is -1.97. The first kappa shape index (κ1) is 11.0. The van der Waals surface area contributed by atoms with Gasteiger partial charge in [0.1, 0.15) is 0 Å². The van der Waals surface area contributed by atoms with Crippen molar-refractivity contribution in [3.8, 4) is 0 Å². The van der Waals surface area contributed by atoms with E-state index in [1.807, 2.05) is 36.5 Å². The van der Waals surface area contributed by atoms with Crippen LogP contribution in [0.25, 0.3) is 0 Å². The van der Waals surface area contributed by atoms with E-state index in [1.165, 1.54) is 23.1 Å². The van der Waals surface area contributed by atoms with E-state index in [9.17, 15) is 0 Å². The predicted molar refractivity (Wildman–Crippen MR) is 71.1 cm³/mol. The summed E-state index contributed by atoms with van der Waals surface area (Å²) in [6, 6.07) is 18.4. The van der Waals surface area contributed by atoms with Crippen molar-refractivity contribution in [3.05, 3.63) is 65.7 Å². The van der Waals surface area contributed by atoms with Gasteiger partial charge in [0.15, 0.2) is 0 Å². The van der Waals surface area contributed by atoms with Gasteiger partial charge >= 0.3 is 0 Å². The smallest absolute Gasteiger partial charge is 0.0430 e. The molecule has 2 aromatic rings. The lowest BCUT2D eigenvalue weighted by atomic mass is 10.1. The first-order chi connectivity index (χ1) is 7.86. The number of hydrogen-bond donors (Lipinski definition) is 0.